The normalized spacial score (nSPS) is 10.8. The number of halogens is 2. The maximum Gasteiger partial charge on any atom is 0.185 e. The van der Waals surface area contributed by atoms with E-state index in [1.807, 2.05) is 42.5 Å². The molecule has 0 aliphatic rings. The van der Waals surface area contributed by atoms with Crippen LogP contribution in [0.5, 0.6) is 5.75 Å². The average Bonchev–Trinajstić information content (AvgIpc) is 2.45. The molecule has 0 aliphatic heterocycles. The smallest absolute Gasteiger partial charge is 0.185 e. The van der Waals surface area contributed by atoms with Crippen LogP contribution in [0.15, 0.2) is 53.0 Å². The Morgan fingerprint density at radius 3 is 2.55 bits per heavy atom. The summed E-state index contributed by atoms with van der Waals surface area (Å²) in [6, 6.07) is 13.2. The molecule has 2 nitrogen and oxygen atoms in total. The van der Waals surface area contributed by atoms with Crippen molar-refractivity contribution in [2.24, 2.45) is 0 Å². The van der Waals surface area contributed by atoms with Gasteiger partial charge in [0.2, 0.25) is 0 Å². The Morgan fingerprint density at radius 1 is 1.20 bits per heavy atom. The molecule has 0 N–H and O–H groups in total. The lowest BCUT2D eigenvalue weighted by atomic mass is 10.1. The second-order valence-electron chi connectivity index (χ2n) is 4.09. The first-order valence-electron chi connectivity index (χ1n) is 5.91. The zero-order valence-corrected chi connectivity index (χ0v) is 14.5. The molecule has 0 spiro atoms. The van der Waals surface area contributed by atoms with Gasteiger partial charge in [0.15, 0.2) is 5.78 Å². The fourth-order valence-corrected chi connectivity index (χ4v) is 2.45. The summed E-state index contributed by atoms with van der Waals surface area (Å²) in [6.07, 6.45) is 3.33. The van der Waals surface area contributed by atoms with Crippen molar-refractivity contribution in [3.8, 4) is 5.75 Å². The number of hydrogen-bond acceptors (Lipinski definition) is 2. The highest BCUT2D eigenvalue weighted by molar-refractivity contribution is 14.1. The highest BCUT2D eigenvalue weighted by atomic mass is 127. The summed E-state index contributed by atoms with van der Waals surface area (Å²) in [6.45, 7) is 0. The third kappa shape index (κ3) is 3.93. The predicted octanol–water partition coefficient (Wildman–Crippen LogP) is 4.96. The number of ether oxygens (including phenoxy) is 1. The zero-order valence-electron chi connectivity index (χ0n) is 10.8. The van der Waals surface area contributed by atoms with Crippen molar-refractivity contribution >= 4 is 50.4 Å². The second kappa shape index (κ2) is 7.04. The lowest BCUT2D eigenvalue weighted by Crippen LogP contribution is -1.94. The van der Waals surface area contributed by atoms with Gasteiger partial charge in [-0.05, 0) is 65.1 Å². The van der Waals surface area contributed by atoms with E-state index in [1.54, 1.807) is 19.3 Å². The summed E-state index contributed by atoms with van der Waals surface area (Å²) >= 11 is 5.62. The SMILES string of the molecule is COc1ccc(Br)cc1C=CC(=O)c1ccc(I)cc1. The minimum Gasteiger partial charge on any atom is -0.496 e. The molecule has 0 aliphatic carbocycles. The molecule has 2 rings (SSSR count). The number of carbonyl (C=O) groups excluding carboxylic acids is 1. The van der Waals surface area contributed by atoms with Crippen molar-refractivity contribution in [1.29, 1.82) is 0 Å². The number of rotatable bonds is 4. The van der Waals surface area contributed by atoms with E-state index in [2.05, 4.69) is 38.5 Å². The lowest BCUT2D eigenvalue weighted by molar-refractivity contribution is 0.104. The maximum atomic E-state index is 12.1. The van der Waals surface area contributed by atoms with Crippen LogP contribution in [0.1, 0.15) is 15.9 Å². The topological polar surface area (TPSA) is 26.3 Å². The Hall–Kier alpha value is -1.14. The number of benzene rings is 2. The Morgan fingerprint density at radius 2 is 1.90 bits per heavy atom. The standard InChI is InChI=1S/C16H12BrIO2/c1-20-16-9-5-13(17)10-12(16)4-8-15(19)11-2-6-14(18)7-3-11/h2-10H,1H3. The van der Waals surface area contributed by atoms with E-state index >= 15 is 0 Å². The Balaban J connectivity index is 2.22. The van der Waals surface area contributed by atoms with Gasteiger partial charge in [-0.15, -0.1) is 0 Å². The molecule has 2 aromatic rings. The number of hydrogen-bond donors (Lipinski definition) is 0. The van der Waals surface area contributed by atoms with Crippen molar-refractivity contribution in [3.63, 3.8) is 0 Å². The van der Waals surface area contributed by atoms with Crippen LogP contribution in [-0.4, -0.2) is 12.9 Å². The molecular weight excluding hydrogens is 431 g/mol. The van der Waals surface area contributed by atoms with Gasteiger partial charge in [-0.1, -0.05) is 28.1 Å². The molecular formula is C16H12BrIO2. The van der Waals surface area contributed by atoms with Crippen molar-refractivity contribution in [2.75, 3.05) is 7.11 Å². The zero-order chi connectivity index (χ0) is 14.5. The number of carbonyl (C=O) groups is 1. The van der Waals surface area contributed by atoms with Gasteiger partial charge in [0.25, 0.3) is 0 Å². The van der Waals surface area contributed by atoms with Crippen LogP contribution in [0, 0.1) is 3.57 Å². The molecule has 0 saturated carbocycles. The third-order valence-electron chi connectivity index (χ3n) is 2.73. The molecule has 0 bridgehead atoms. The molecule has 102 valence electrons. The van der Waals surface area contributed by atoms with Crippen LogP contribution in [0.25, 0.3) is 6.08 Å². The quantitative estimate of drug-likeness (QED) is 0.380. The van der Waals surface area contributed by atoms with E-state index in [1.165, 1.54) is 0 Å². The summed E-state index contributed by atoms with van der Waals surface area (Å²) in [5, 5.41) is 0. The van der Waals surface area contributed by atoms with E-state index in [-0.39, 0.29) is 5.78 Å². The molecule has 0 saturated heterocycles. The van der Waals surface area contributed by atoms with E-state index in [4.69, 9.17) is 4.74 Å². The summed E-state index contributed by atoms with van der Waals surface area (Å²) in [5.41, 5.74) is 1.54. The van der Waals surface area contributed by atoms with Crippen LogP contribution in [0.2, 0.25) is 0 Å². The fraction of sp³-hybridized carbons (Fsp3) is 0.0625. The maximum absolute atomic E-state index is 12.1. The van der Waals surface area contributed by atoms with E-state index < -0.39 is 0 Å². The molecule has 0 radical (unpaired) electrons. The first-order chi connectivity index (χ1) is 9.60. The third-order valence-corrected chi connectivity index (χ3v) is 3.95. The van der Waals surface area contributed by atoms with Crippen LogP contribution in [-0.2, 0) is 0 Å². The average molecular weight is 443 g/mol. The largest absolute Gasteiger partial charge is 0.496 e. The first-order valence-corrected chi connectivity index (χ1v) is 7.79. The van der Waals surface area contributed by atoms with Gasteiger partial charge in [0.05, 0.1) is 7.11 Å². The molecule has 4 heteroatoms. The highest BCUT2D eigenvalue weighted by Crippen LogP contribution is 2.24. The first kappa shape index (κ1) is 15.3. The molecule has 0 amide bonds. The molecule has 0 aromatic heterocycles. The minimum atomic E-state index is -0.0246. The summed E-state index contributed by atoms with van der Waals surface area (Å²) in [7, 11) is 1.61. The molecule has 0 heterocycles. The summed E-state index contributed by atoms with van der Waals surface area (Å²) < 4.78 is 7.32. The van der Waals surface area contributed by atoms with Gasteiger partial charge in [-0.2, -0.15) is 0 Å². The van der Waals surface area contributed by atoms with Gasteiger partial charge in [0, 0.05) is 19.2 Å². The van der Waals surface area contributed by atoms with E-state index in [9.17, 15) is 4.79 Å². The molecule has 2 aromatic carbocycles. The minimum absolute atomic E-state index is 0.0246. The fourth-order valence-electron chi connectivity index (χ4n) is 1.71. The van der Waals surface area contributed by atoms with Crippen molar-refractivity contribution in [1.82, 2.24) is 0 Å². The van der Waals surface area contributed by atoms with Crippen LogP contribution in [0.3, 0.4) is 0 Å². The van der Waals surface area contributed by atoms with Crippen molar-refractivity contribution < 1.29 is 9.53 Å². The Kier molecular flexibility index (Phi) is 5.37. The second-order valence-corrected chi connectivity index (χ2v) is 6.25. The summed E-state index contributed by atoms with van der Waals surface area (Å²) in [4.78, 5) is 12.1. The van der Waals surface area contributed by atoms with Gasteiger partial charge >= 0.3 is 0 Å². The van der Waals surface area contributed by atoms with Crippen LogP contribution < -0.4 is 4.74 Å². The van der Waals surface area contributed by atoms with E-state index in [0.717, 1.165) is 19.4 Å². The van der Waals surface area contributed by atoms with Gasteiger partial charge in [-0.3, -0.25) is 4.79 Å². The number of methoxy groups -OCH3 is 1. The number of ketones is 1. The van der Waals surface area contributed by atoms with Gasteiger partial charge in [0.1, 0.15) is 5.75 Å². The highest BCUT2D eigenvalue weighted by Gasteiger charge is 2.03. The van der Waals surface area contributed by atoms with Gasteiger partial charge < -0.3 is 4.74 Å². The molecule has 20 heavy (non-hydrogen) atoms. The molecule has 0 unspecified atom stereocenters. The Labute approximate surface area is 140 Å². The van der Waals surface area contributed by atoms with Crippen LogP contribution >= 0.6 is 38.5 Å². The molecule has 0 atom stereocenters. The summed E-state index contributed by atoms with van der Waals surface area (Å²) in [5.74, 6) is 0.711. The van der Waals surface area contributed by atoms with Gasteiger partial charge in [-0.25, -0.2) is 0 Å². The predicted molar refractivity (Wildman–Crippen MR) is 93.2 cm³/mol. The van der Waals surface area contributed by atoms with E-state index in [0.29, 0.717) is 5.56 Å². The monoisotopic (exact) mass is 442 g/mol. The number of allylic oxidation sites excluding steroid dienone is 1. The van der Waals surface area contributed by atoms with Crippen molar-refractivity contribution in [2.45, 2.75) is 0 Å². The lowest BCUT2D eigenvalue weighted by Gasteiger charge is -2.04. The Bertz CT molecular complexity index is 648. The van der Waals surface area contributed by atoms with Crippen LogP contribution in [0.4, 0.5) is 0 Å². The molecule has 0 fully saturated rings. The van der Waals surface area contributed by atoms with Crippen molar-refractivity contribution in [3.05, 3.63) is 67.7 Å².